The molecule has 1 saturated heterocycles. The van der Waals surface area contributed by atoms with Crippen LogP contribution in [0.3, 0.4) is 0 Å². The lowest BCUT2D eigenvalue weighted by Crippen LogP contribution is -2.32. The number of ether oxygens (including phenoxy) is 2. The summed E-state index contributed by atoms with van der Waals surface area (Å²) >= 11 is 0. The molecule has 4 nitrogen and oxygen atoms in total. The Bertz CT molecular complexity index is 184. The Morgan fingerprint density at radius 3 is 2.47 bits per heavy atom. The quantitative estimate of drug-likeness (QED) is 0.769. The summed E-state index contributed by atoms with van der Waals surface area (Å²) in [7, 11) is 0. The molecule has 0 aliphatic carbocycles. The van der Waals surface area contributed by atoms with E-state index >= 15 is 0 Å². The molecular weight excluding hydrogens is 218 g/mol. The van der Waals surface area contributed by atoms with Gasteiger partial charge in [-0.15, -0.1) is 0 Å². The number of hydrogen-bond donors (Lipinski definition) is 1. The van der Waals surface area contributed by atoms with Crippen LogP contribution >= 0.6 is 0 Å². The SMILES string of the molecule is CC(C)(C)OC=O.CCOCC1CCCNC1. The van der Waals surface area contributed by atoms with Gasteiger partial charge in [-0.1, -0.05) is 0 Å². The topological polar surface area (TPSA) is 47.6 Å². The number of rotatable bonds is 4. The van der Waals surface area contributed by atoms with Gasteiger partial charge in [0.05, 0.1) is 6.61 Å². The van der Waals surface area contributed by atoms with Gasteiger partial charge in [0.2, 0.25) is 0 Å². The minimum atomic E-state index is -0.318. The van der Waals surface area contributed by atoms with E-state index in [1.54, 1.807) is 0 Å². The lowest BCUT2D eigenvalue weighted by atomic mass is 10.0. The van der Waals surface area contributed by atoms with Crippen LogP contribution in [0, 0.1) is 5.92 Å². The molecule has 17 heavy (non-hydrogen) atoms. The molecule has 0 radical (unpaired) electrons. The fraction of sp³-hybridized carbons (Fsp3) is 0.923. The van der Waals surface area contributed by atoms with E-state index in [4.69, 9.17) is 4.74 Å². The van der Waals surface area contributed by atoms with E-state index in [0.29, 0.717) is 6.47 Å². The van der Waals surface area contributed by atoms with Gasteiger partial charge in [0, 0.05) is 13.2 Å². The summed E-state index contributed by atoms with van der Waals surface area (Å²) in [6.07, 6.45) is 2.66. The van der Waals surface area contributed by atoms with E-state index in [-0.39, 0.29) is 5.60 Å². The molecule has 0 aromatic carbocycles. The normalized spacial score (nSPS) is 20.1. The van der Waals surface area contributed by atoms with Crippen molar-refractivity contribution in [2.24, 2.45) is 5.92 Å². The minimum absolute atomic E-state index is 0.318. The number of hydrogen-bond acceptors (Lipinski definition) is 4. The van der Waals surface area contributed by atoms with E-state index in [9.17, 15) is 4.79 Å². The molecule has 1 heterocycles. The summed E-state index contributed by atoms with van der Waals surface area (Å²) in [4.78, 5) is 9.60. The molecule has 1 unspecified atom stereocenters. The van der Waals surface area contributed by atoms with Crippen molar-refractivity contribution in [3.63, 3.8) is 0 Å². The van der Waals surface area contributed by atoms with Gasteiger partial charge in [0.1, 0.15) is 5.60 Å². The summed E-state index contributed by atoms with van der Waals surface area (Å²) in [6.45, 7) is 12.1. The zero-order valence-electron chi connectivity index (χ0n) is 11.6. The Labute approximate surface area is 105 Å². The molecule has 4 heteroatoms. The highest BCUT2D eigenvalue weighted by Crippen LogP contribution is 2.09. The van der Waals surface area contributed by atoms with Crippen molar-refractivity contribution >= 4 is 6.47 Å². The van der Waals surface area contributed by atoms with Crippen molar-refractivity contribution in [1.29, 1.82) is 0 Å². The summed E-state index contributed by atoms with van der Waals surface area (Å²) < 4.78 is 9.88. The molecule has 0 bridgehead atoms. The summed E-state index contributed by atoms with van der Waals surface area (Å²) in [5, 5.41) is 3.36. The Balaban J connectivity index is 0.000000325. The Morgan fingerprint density at radius 2 is 2.12 bits per heavy atom. The van der Waals surface area contributed by atoms with Crippen molar-refractivity contribution in [2.75, 3.05) is 26.3 Å². The lowest BCUT2D eigenvalue weighted by Gasteiger charge is -2.21. The van der Waals surface area contributed by atoms with Gasteiger partial charge in [-0.25, -0.2) is 0 Å². The van der Waals surface area contributed by atoms with E-state index in [2.05, 4.69) is 17.0 Å². The zero-order chi connectivity index (χ0) is 13.1. The lowest BCUT2D eigenvalue weighted by molar-refractivity contribution is -0.138. The second-order valence-electron chi connectivity index (χ2n) is 5.20. The molecule has 1 aliphatic rings. The maximum absolute atomic E-state index is 9.60. The highest BCUT2D eigenvalue weighted by molar-refractivity contribution is 5.37. The average Bonchev–Trinajstić information content (AvgIpc) is 2.27. The molecule has 0 amide bonds. The van der Waals surface area contributed by atoms with Crippen molar-refractivity contribution in [1.82, 2.24) is 5.32 Å². The van der Waals surface area contributed by atoms with Gasteiger partial charge in [0.25, 0.3) is 6.47 Å². The van der Waals surface area contributed by atoms with Crippen molar-refractivity contribution < 1.29 is 14.3 Å². The van der Waals surface area contributed by atoms with E-state index < -0.39 is 0 Å². The summed E-state index contributed by atoms with van der Waals surface area (Å²) in [5.74, 6) is 0.772. The van der Waals surface area contributed by atoms with Gasteiger partial charge < -0.3 is 14.8 Å². The van der Waals surface area contributed by atoms with Crippen molar-refractivity contribution in [3.8, 4) is 0 Å². The van der Waals surface area contributed by atoms with Gasteiger partial charge in [-0.05, 0) is 53.0 Å². The first-order valence-corrected chi connectivity index (χ1v) is 6.39. The average molecular weight is 245 g/mol. The predicted molar refractivity (Wildman–Crippen MR) is 69.0 cm³/mol. The van der Waals surface area contributed by atoms with Crippen LogP contribution in [0.25, 0.3) is 0 Å². The molecule has 102 valence electrons. The third kappa shape index (κ3) is 11.6. The standard InChI is InChI=1S/C8H17NO.C5H10O2/c1-2-10-7-8-4-3-5-9-6-8;1-5(2,3)7-4-6/h8-9H,2-7H2,1H3;4H,1-3H3. The second kappa shape index (κ2) is 9.42. The number of nitrogens with one attached hydrogen (secondary N) is 1. The van der Waals surface area contributed by atoms with Gasteiger partial charge in [-0.2, -0.15) is 0 Å². The molecular formula is C13H27NO3. The zero-order valence-corrected chi connectivity index (χ0v) is 11.6. The monoisotopic (exact) mass is 245 g/mol. The van der Waals surface area contributed by atoms with E-state index in [0.717, 1.165) is 25.7 Å². The maximum Gasteiger partial charge on any atom is 0.293 e. The van der Waals surface area contributed by atoms with Crippen LogP contribution in [0.2, 0.25) is 0 Å². The highest BCUT2D eigenvalue weighted by atomic mass is 16.5. The van der Waals surface area contributed by atoms with Crippen molar-refractivity contribution in [3.05, 3.63) is 0 Å². The number of carbonyl (C=O) groups excluding carboxylic acids is 1. The number of carbonyl (C=O) groups is 1. The van der Waals surface area contributed by atoms with Crippen LogP contribution in [0.4, 0.5) is 0 Å². The Kier molecular flexibility index (Phi) is 9.09. The van der Waals surface area contributed by atoms with E-state index in [1.807, 2.05) is 20.8 Å². The molecule has 1 N–H and O–H groups in total. The van der Waals surface area contributed by atoms with Gasteiger partial charge in [-0.3, -0.25) is 4.79 Å². The van der Waals surface area contributed by atoms with Crippen LogP contribution in [0.15, 0.2) is 0 Å². The predicted octanol–water partition coefficient (Wildman–Crippen LogP) is 1.98. The molecule has 0 spiro atoms. The third-order valence-electron chi connectivity index (χ3n) is 2.36. The largest absolute Gasteiger partial charge is 0.462 e. The fourth-order valence-corrected chi connectivity index (χ4v) is 1.50. The summed E-state index contributed by atoms with van der Waals surface area (Å²) in [6, 6.07) is 0. The molecule has 0 aromatic rings. The Hall–Kier alpha value is -0.610. The van der Waals surface area contributed by atoms with Crippen LogP contribution < -0.4 is 5.32 Å². The third-order valence-corrected chi connectivity index (χ3v) is 2.36. The Morgan fingerprint density at radius 1 is 1.41 bits per heavy atom. The summed E-state index contributed by atoms with van der Waals surface area (Å²) in [5.41, 5.74) is -0.318. The van der Waals surface area contributed by atoms with Gasteiger partial charge >= 0.3 is 0 Å². The smallest absolute Gasteiger partial charge is 0.293 e. The first-order chi connectivity index (χ1) is 7.99. The van der Waals surface area contributed by atoms with Crippen LogP contribution in [0.1, 0.15) is 40.5 Å². The fourth-order valence-electron chi connectivity index (χ4n) is 1.50. The molecule has 0 saturated carbocycles. The molecule has 1 fully saturated rings. The van der Waals surface area contributed by atoms with E-state index in [1.165, 1.54) is 19.4 Å². The minimum Gasteiger partial charge on any atom is -0.462 e. The van der Waals surface area contributed by atoms with Crippen LogP contribution in [0.5, 0.6) is 0 Å². The van der Waals surface area contributed by atoms with Crippen molar-refractivity contribution in [2.45, 2.75) is 46.1 Å². The number of piperidine rings is 1. The second-order valence-corrected chi connectivity index (χ2v) is 5.20. The molecule has 1 aliphatic heterocycles. The first-order valence-electron chi connectivity index (χ1n) is 6.39. The molecule has 1 rings (SSSR count). The molecule has 0 aromatic heterocycles. The first kappa shape index (κ1) is 16.4. The highest BCUT2D eigenvalue weighted by Gasteiger charge is 2.11. The van der Waals surface area contributed by atoms with Crippen LogP contribution in [-0.4, -0.2) is 38.4 Å². The van der Waals surface area contributed by atoms with Crippen LogP contribution in [-0.2, 0) is 14.3 Å². The maximum atomic E-state index is 9.60. The van der Waals surface area contributed by atoms with Gasteiger partial charge in [0.15, 0.2) is 0 Å². The molecule has 1 atom stereocenters.